The van der Waals surface area contributed by atoms with Crippen LogP contribution >= 0.6 is 0 Å². The molecule has 1 fully saturated rings. The van der Waals surface area contributed by atoms with Crippen molar-refractivity contribution in [3.05, 3.63) is 30.0 Å². The lowest BCUT2D eigenvalue weighted by Crippen LogP contribution is -2.47. The van der Waals surface area contributed by atoms with Crippen molar-refractivity contribution in [1.29, 1.82) is 0 Å². The number of nitrogens with one attached hydrogen (secondary N) is 4. The van der Waals surface area contributed by atoms with Crippen molar-refractivity contribution in [3.8, 4) is 5.75 Å². The van der Waals surface area contributed by atoms with E-state index in [4.69, 9.17) is 9.47 Å². The van der Waals surface area contributed by atoms with E-state index in [1.807, 2.05) is 6.07 Å². The molecular formula is C20H24N4O6. The minimum Gasteiger partial charge on any atom is -0.496 e. The minimum atomic E-state index is -0.967. The van der Waals surface area contributed by atoms with Gasteiger partial charge in [-0.1, -0.05) is 6.07 Å². The van der Waals surface area contributed by atoms with Gasteiger partial charge in [0.1, 0.15) is 17.5 Å². The molecular weight excluding hydrogens is 392 g/mol. The first-order valence-corrected chi connectivity index (χ1v) is 9.51. The zero-order valence-corrected chi connectivity index (χ0v) is 16.7. The molecule has 3 rings (SSSR count). The number of fused-ring (bicyclic) bond motifs is 1. The van der Waals surface area contributed by atoms with E-state index in [0.717, 1.165) is 10.9 Å². The molecule has 2 aromatic rings. The van der Waals surface area contributed by atoms with Crippen molar-refractivity contribution < 1.29 is 28.7 Å². The molecule has 160 valence electrons. The first kappa shape index (κ1) is 21.2. The molecule has 10 heteroatoms. The van der Waals surface area contributed by atoms with E-state index in [0.29, 0.717) is 18.7 Å². The molecule has 1 aromatic heterocycles. The molecule has 3 amide bonds. The molecule has 2 unspecified atom stereocenters. The van der Waals surface area contributed by atoms with Crippen LogP contribution in [0.2, 0.25) is 0 Å². The Morgan fingerprint density at radius 2 is 2.07 bits per heavy atom. The Labute approximate surface area is 172 Å². The van der Waals surface area contributed by atoms with Gasteiger partial charge in [-0.2, -0.15) is 0 Å². The van der Waals surface area contributed by atoms with Crippen LogP contribution in [0.3, 0.4) is 0 Å². The summed E-state index contributed by atoms with van der Waals surface area (Å²) >= 11 is 0. The van der Waals surface area contributed by atoms with Crippen molar-refractivity contribution in [1.82, 2.24) is 20.9 Å². The Morgan fingerprint density at radius 3 is 2.73 bits per heavy atom. The number of aromatic amines is 1. The standard InChI is InChI=1S/C20H24N4O6/c1-29-16-5-3-4-13-12(16)9-14(23-13)19(27)22-10-17(25)24-15(20(28)30-2)8-11-6-7-21-18(11)26/h3-5,9,11,15,23H,6-8,10H2,1-2H3,(H,21,26)(H,22,27)(H,24,25). The first-order chi connectivity index (χ1) is 14.4. The predicted octanol–water partition coefficient (Wildman–Crippen LogP) is 0.0903. The maximum Gasteiger partial charge on any atom is 0.328 e. The van der Waals surface area contributed by atoms with Gasteiger partial charge < -0.3 is 30.4 Å². The Bertz CT molecular complexity index is 969. The number of benzene rings is 1. The highest BCUT2D eigenvalue weighted by molar-refractivity contribution is 6.01. The Kier molecular flexibility index (Phi) is 6.55. The minimum absolute atomic E-state index is 0.139. The van der Waals surface area contributed by atoms with Gasteiger partial charge in [0.2, 0.25) is 11.8 Å². The van der Waals surface area contributed by atoms with Gasteiger partial charge in [-0.25, -0.2) is 4.79 Å². The SMILES string of the molecule is COC(=O)C(CC1CCNC1=O)NC(=O)CNC(=O)c1cc2c(OC)cccc2[nH]1. The summed E-state index contributed by atoms with van der Waals surface area (Å²) in [5.74, 6) is -1.58. The van der Waals surface area contributed by atoms with Crippen LogP contribution in [0.4, 0.5) is 0 Å². The summed E-state index contributed by atoms with van der Waals surface area (Å²) in [7, 11) is 2.75. The van der Waals surface area contributed by atoms with Gasteiger partial charge in [0.15, 0.2) is 0 Å². The van der Waals surface area contributed by atoms with Gasteiger partial charge in [-0.3, -0.25) is 14.4 Å². The quantitative estimate of drug-likeness (QED) is 0.450. The fourth-order valence-electron chi connectivity index (χ4n) is 3.44. The fourth-order valence-corrected chi connectivity index (χ4v) is 3.44. The van der Waals surface area contributed by atoms with Gasteiger partial charge in [-0.15, -0.1) is 0 Å². The maximum absolute atomic E-state index is 12.4. The van der Waals surface area contributed by atoms with Crippen LogP contribution < -0.4 is 20.7 Å². The molecule has 1 aliphatic heterocycles. The van der Waals surface area contributed by atoms with Crippen LogP contribution in [0, 0.1) is 5.92 Å². The third kappa shape index (κ3) is 4.70. The highest BCUT2D eigenvalue weighted by Crippen LogP contribution is 2.25. The molecule has 2 atom stereocenters. The van der Waals surface area contributed by atoms with E-state index in [9.17, 15) is 19.2 Å². The summed E-state index contributed by atoms with van der Waals surface area (Å²) in [6.45, 7) is 0.201. The first-order valence-electron chi connectivity index (χ1n) is 9.51. The van der Waals surface area contributed by atoms with E-state index in [-0.39, 0.29) is 30.5 Å². The summed E-state index contributed by atoms with van der Waals surface area (Å²) in [5.41, 5.74) is 0.999. The van der Waals surface area contributed by atoms with Crippen LogP contribution in [0.1, 0.15) is 23.3 Å². The zero-order valence-electron chi connectivity index (χ0n) is 16.7. The summed E-state index contributed by atoms with van der Waals surface area (Å²) < 4.78 is 9.99. The normalized spacial score (nSPS) is 16.6. The number of carbonyl (C=O) groups is 4. The van der Waals surface area contributed by atoms with E-state index in [1.165, 1.54) is 7.11 Å². The molecule has 0 bridgehead atoms. The number of aromatic nitrogens is 1. The largest absolute Gasteiger partial charge is 0.496 e. The summed E-state index contributed by atoms with van der Waals surface area (Å²) in [6, 6.07) is 6.05. The maximum atomic E-state index is 12.4. The third-order valence-electron chi connectivity index (χ3n) is 5.00. The molecule has 0 spiro atoms. The predicted molar refractivity (Wildman–Crippen MR) is 107 cm³/mol. The molecule has 1 aromatic carbocycles. The zero-order chi connectivity index (χ0) is 21.7. The van der Waals surface area contributed by atoms with Crippen LogP contribution in [-0.2, 0) is 19.1 Å². The molecule has 0 radical (unpaired) electrons. The van der Waals surface area contributed by atoms with Crippen molar-refractivity contribution >= 4 is 34.6 Å². The van der Waals surface area contributed by atoms with Crippen LogP contribution in [0.15, 0.2) is 24.3 Å². The lowest BCUT2D eigenvalue weighted by Gasteiger charge is -2.18. The molecule has 1 saturated heterocycles. The molecule has 1 aliphatic rings. The number of carbonyl (C=O) groups excluding carboxylic acids is 4. The number of amides is 3. The van der Waals surface area contributed by atoms with E-state index in [2.05, 4.69) is 20.9 Å². The van der Waals surface area contributed by atoms with Crippen molar-refractivity contribution in [2.45, 2.75) is 18.9 Å². The molecule has 30 heavy (non-hydrogen) atoms. The van der Waals surface area contributed by atoms with Crippen molar-refractivity contribution in [3.63, 3.8) is 0 Å². The summed E-state index contributed by atoms with van der Waals surface area (Å²) in [5, 5.41) is 8.47. The smallest absolute Gasteiger partial charge is 0.328 e. The third-order valence-corrected chi connectivity index (χ3v) is 5.00. The summed E-state index contributed by atoms with van der Waals surface area (Å²) in [4.78, 5) is 51.4. The molecule has 4 N–H and O–H groups in total. The van der Waals surface area contributed by atoms with Gasteiger partial charge >= 0.3 is 5.97 Å². The van der Waals surface area contributed by atoms with E-state index >= 15 is 0 Å². The van der Waals surface area contributed by atoms with Crippen molar-refractivity contribution in [2.75, 3.05) is 27.3 Å². The van der Waals surface area contributed by atoms with Gasteiger partial charge in [0.05, 0.1) is 20.8 Å². The number of methoxy groups -OCH3 is 2. The molecule has 2 heterocycles. The lowest BCUT2D eigenvalue weighted by atomic mass is 9.98. The number of esters is 1. The second-order valence-electron chi connectivity index (χ2n) is 6.94. The average Bonchev–Trinajstić information content (AvgIpc) is 3.36. The monoisotopic (exact) mass is 416 g/mol. The molecule has 10 nitrogen and oxygen atoms in total. The van der Waals surface area contributed by atoms with E-state index < -0.39 is 23.8 Å². The number of H-pyrrole nitrogens is 1. The summed E-state index contributed by atoms with van der Waals surface area (Å²) in [6.07, 6.45) is 0.725. The number of hydrogen-bond acceptors (Lipinski definition) is 6. The molecule has 0 saturated carbocycles. The van der Waals surface area contributed by atoms with Crippen LogP contribution in [-0.4, -0.2) is 62.0 Å². The Hall–Kier alpha value is -3.56. The lowest BCUT2D eigenvalue weighted by molar-refractivity contribution is -0.145. The van der Waals surface area contributed by atoms with Gasteiger partial charge in [0.25, 0.3) is 5.91 Å². The van der Waals surface area contributed by atoms with Gasteiger partial charge in [0, 0.05) is 23.4 Å². The van der Waals surface area contributed by atoms with Crippen LogP contribution in [0.5, 0.6) is 5.75 Å². The highest BCUT2D eigenvalue weighted by atomic mass is 16.5. The van der Waals surface area contributed by atoms with Crippen LogP contribution in [0.25, 0.3) is 10.9 Å². The topological polar surface area (TPSA) is 139 Å². The second kappa shape index (κ2) is 9.29. The van der Waals surface area contributed by atoms with Gasteiger partial charge in [-0.05, 0) is 31.0 Å². The number of rotatable bonds is 8. The van der Waals surface area contributed by atoms with Crippen molar-refractivity contribution in [2.24, 2.45) is 5.92 Å². The Balaban J connectivity index is 1.58. The average molecular weight is 416 g/mol. The fraction of sp³-hybridized carbons (Fsp3) is 0.400. The Morgan fingerprint density at radius 1 is 1.27 bits per heavy atom. The van der Waals surface area contributed by atoms with E-state index in [1.54, 1.807) is 25.3 Å². The highest BCUT2D eigenvalue weighted by Gasteiger charge is 2.31. The number of hydrogen-bond donors (Lipinski definition) is 4. The molecule has 0 aliphatic carbocycles. The number of ether oxygens (including phenoxy) is 2. The second-order valence-corrected chi connectivity index (χ2v) is 6.94.